The Labute approximate surface area is 152 Å². The molecule has 0 nitrogen and oxygen atoms in total. The van der Waals surface area contributed by atoms with Crippen LogP contribution in [0.5, 0.6) is 0 Å². The summed E-state index contributed by atoms with van der Waals surface area (Å²) in [5.74, 6) is 13.7. The average Bonchev–Trinajstić information content (AvgIpc) is 3.25. The molecule has 3 aromatic rings. The number of fused-ring (bicyclic) bond motifs is 2. The Morgan fingerprint density at radius 2 is 1.21 bits per heavy atom. The maximum absolute atomic E-state index is 3.46. The van der Waals surface area contributed by atoms with Gasteiger partial charge in [0.15, 0.2) is 0 Å². The molecule has 0 unspecified atom stereocenters. The summed E-state index contributed by atoms with van der Waals surface area (Å²) in [7, 11) is 0. The average molecular weight is 351 g/mol. The lowest BCUT2D eigenvalue weighted by atomic mass is 10.0. The van der Waals surface area contributed by atoms with Crippen LogP contribution in [0.4, 0.5) is 0 Å². The molecule has 24 heavy (non-hydrogen) atoms. The van der Waals surface area contributed by atoms with Gasteiger partial charge in [-0.05, 0) is 35.7 Å². The molecule has 2 heteroatoms. The Bertz CT molecular complexity index is 821. The van der Waals surface area contributed by atoms with Crippen molar-refractivity contribution in [2.24, 2.45) is 0 Å². The summed E-state index contributed by atoms with van der Waals surface area (Å²) in [5, 5.41) is 6.89. The van der Waals surface area contributed by atoms with Gasteiger partial charge in [0, 0.05) is 23.6 Å². The third kappa shape index (κ3) is 3.51. The first-order valence-electron chi connectivity index (χ1n) is 8.74. The molecule has 0 spiro atoms. The molecule has 0 bridgehead atoms. The Hall–Kier alpha value is -1.74. The van der Waals surface area contributed by atoms with Crippen LogP contribution >= 0.6 is 22.7 Å². The molecule has 0 aliphatic carbocycles. The van der Waals surface area contributed by atoms with Crippen molar-refractivity contribution >= 4 is 42.8 Å². The first kappa shape index (κ1) is 17.1. The monoisotopic (exact) mass is 350 g/mol. The van der Waals surface area contributed by atoms with Gasteiger partial charge in [-0.15, -0.1) is 22.7 Å². The fraction of sp³-hybridized carbons (Fsp3) is 0.364. The van der Waals surface area contributed by atoms with Gasteiger partial charge in [-0.2, -0.15) is 0 Å². The molecule has 2 aromatic heterocycles. The van der Waals surface area contributed by atoms with Crippen LogP contribution in [0.25, 0.3) is 20.2 Å². The number of rotatable bonds is 4. The van der Waals surface area contributed by atoms with E-state index in [4.69, 9.17) is 0 Å². The molecule has 0 amide bonds. The maximum Gasteiger partial charge on any atom is 0.0518 e. The molecule has 0 radical (unpaired) electrons. The van der Waals surface area contributed by atoms with Gasteiger partial charge < -0.3 is 0 Å². The molecular formula is C22H22S2. The van der Waals surface area contributed by atoms with Gasteiger partial charge in [-0.3, -0.25) is 0 Å². The summed E-state index contributed by atoms with van der Waals surface area (Å²) in [5.41, 5.74) is 2.40. The van der Waals surface area contributed by atoms with Crippen LogP contribution in [0.3, 0.4) is 0 Å². The van der Waals surface area contributed by atoms with Crippen LogP contribution in [0.15, 0.2) is 22.9 Å². The van der Waals surface area contributed by atoms with E-state index < -0.39 is 0 Å². The number of hydrogen-bond acceptors (Lipinski definition) is 2. The topological polar surface area (TPSA) is 0 Å². The van der Waals surface area contributed by atoms with Crippen LogP contribution < -0.4 is 0 Å². The minimum absolute atomic E-state index is 0.980. The number of benzene rings is 1. The minimum Gasteiger partial charge on any atom is -0.142 e. The normalized spacial score (nSPS) is 10.4. The molecule has 0 saturated heterocycles. The largest absolute Gasteiger partial charge is 0.142 e. The smallest absolute Gasteiger partial charge is 0.0518 e. The Kier molecular flexibility index (Phi) is 5.97. The van der Waals surface area contributed by atoms with Crippen molar-refractivity contribution in [1.29, 1.82) is 0 Å². The van der Waals surface area contributed by atoms with Gasteiger partial charge in [0.05, 0.1) is 20.5 Å². The molecule has 0 saturated carbocycles. The van der Waals surface area contributed by atoms with Crippen molar-refractivity contribution in [2.75, 3.05) is 0 Å². The third-order valence-electron chi connectivity index (χ3n) is 4.06. The van der Waals surface area contributed by atoms with Gasteiger partial charge in [0.2, 0.25) is 0 Å². The molecule has 0 atom stereocenters. The van der Waals surface area contributed by atoms with Crippen molar-refractivity contribution in [3.05, 3.63) is 34.0 Å². The van der Waals surface area contributed by atoms with Crippen LogP contribution in [-0.4, -0.2) is 0 Å². The van der Waals surface area contributed by atoms with Gasteiger partial charge in [-0.1, -0.05) is 50.4 Å². The van der Waals surface area contributed by atoms with Gasteiger partial charge >= 0.3 is 0 Å². The minimum atomic E-state index is 0.980. The molecule has 3 rings (SSSR count). The van der Waals surface area contributed by atoms with E-state index in [1.54, 1.807) is 22.7 Å². The van der Waals surface area contributed by atoms with E-state index in [2.05, 4.69) is 60.4 Å². The van der Waals surface area contributed by atoms with Crippen molar-refractivity contribution in [3.63, 3.8) is 0 Å². The van der Waals surface area contributed by atoms with E-state index in [0.29, 0.717) is 0 Å². The second kappa shape index (κ2) is 8.39. The third-order valence-corrected chi connectivity index (χ3v) is 5.92. The van der Waals surface area contributed by atoms with Crippen molar-refractivity contribution in [3.8, 4) is 23.7 Å². The molecule has 0 aliphatic heterocycles. The Balaban J connectivity index is 2.12. The van der Waals surface area contributed by atoms with Crippen LogP contribution in [0, 0.1) is 23.7 Å². The summed E-state index contributed by atoms with van der Waals surface area (Å²) < 4.78 is 2.59. The highest BCUT2D eigenvalue weighted by molar-refractivity contribution is 7.19. The molecule has 0 fully saturated rings. The van der Waals surface area contributed by atoms with E-state index in [-0.39, 0.29) is 0 Å². The summed E-state index contributed by atoms with van der Waals surface area (Å²) >= 11 is 3.58. The number of hydrogen-bond donors (Lipinski definition) is 0. The molecule has 122 valence electrons. The molecule has 2 heterocycles. The lowest BCUT2D eigenvalue weighted by molar-refractivity contribution is 0.828. The van der Waals surface area contributed by atoms with E-state index >= 15 is 0 Å². The zero-order valence-corrected chi connectivity index (χ0v) is 16.0. The molecule has 0 aliphatic rings. The second-order valence-electron chi connectivity index (χ2n) is 5.89. The summed E-state index contributed by atoms with van der Waals surface area (Å²) in [4.78, 5) is 0. The van der Waals surface area contributed by atoms with Gasteiger partial charge in [-0.25, -0.2) is 0 Å². The first-order valence-corrected chi connectivity index (χ1v) is 10.5. The molecule has 0 N–H and O–H groups in total. The number of unbranched alkanes of at least 4 members (excludes halogenated alkanes) is 4. The lowest BCUT2D eigenvalue weighted by Crippen LogP contribution is -1.84. The second-order valence-corrected chi connectivity index (χ2v) is 7.72. The van der Waals surface area contributed by atoms with Crippen LogP contribution in [0.2, 0.25) is 0 Å². The SMILES string of the molecule is CCCCC#Cc1c2ccsc2c(C#CCCCC)c2ccsc12. The van der Waals surface area contributed by atoms with Crippen molar-refractivity contribution < 1.29 is 0 Å². The fourth-order valence-corrected chi connectivity index (χ4v) is 4.56. The summed E-state index contributed by atoms with van der Waals surface area (Å²) in [6.45, 7) is 4.42. The van der Waals surface area contributed by atoms with Crippen molar-refractivity contribution in [2.45, 2.75) is 52.4 Å². The van der Waals surface area contributed by atoms with Crippen LogP contribution in [-0.2, 0) is 0 Å². The first-order chi connectivity index (χ1) is 11.9. The summed E-state index contributed by atoms with van der Waals surface area (Å²) in [6.07, 6.45) is 6.70. The van der Waals surface area contributed by atoms with Gasteiger partial charge in [0.1, 0.15) is 0 Å². The zero-order valence-electron chi connectivity index (χ0n) is 14.4. The molecule has 1 aromatic carbocycles. The Morgan fingerprint density at radius 3 is 1.62 bits per heavy atom. The zero-order chi connectivity index (χ0) is 16.8. The highest BCUT2D eigenvalue weighted by Gasteiger charge is 2.13. The maximum atomic E-state index is 3.46. The van der Waals surface area contributed by atoms with Gasteiger partial charge in [0.25, 0.3) is 0 Å². The number of thiophene rings is 2. The predicted octanol–water partition coefficient (Wildman–Crippen LogP) is 7.20. The fourth-order valence-electron chi connectivity index (χ4n) is 2.72. The predicted molar refractivity (Wildman–Crippen MR) is 110 cm³/mol. The van der Waals surface area contributed by atoms with E-state index in [0.717, 1.165) is 12.8 Å². The van der Waals surface area contributed by atoms with Crippen molar-refractivity contribution in [1.82, 2.24) is 0 Å². The van der Waals surface area contributed by atoms with E-state index in [9.17, 15) is 0 Å². The molecular weight excluding hydrogens is 328 g/mol. The Morgan fingerprint density at radius 1 is 0.750 bits per heavy atom. The summed E-state index contributed by atoms with van der Waals surface area (Å²) in [6, 6.07) is 4.42. The lowest BCUT2D eigenvalue weighted by Gasteiger charge is -2.03. The standard InChI is InChI=1S/C22H22S2/c1-3-5-7-9-11-17-19-13-15-24-22(19)18(12-10-8-6-4-2)20-14-16-23-21(17)20/h13-16H,3-8H2,1-2H3. The highest BCUT2D eigenvalue weighted by atomic mass is 32.1. The van der Waals surface area contributed by atoms with E-state index in [1.165, 1.54) is 57.0 Å². The quantitative estimate of drug-likeness (QED) is 0.345. The van der Waals surface area contributed by atoms with Crippen LogP contribution in [0.1, 0.15) is 63.5 Å². The highest BCUT2D eigenvalue weighted by Crippen LogP contribution is 2.38. The van der Waals surface area contributed by atoms with E-state index in [1.807, 2.05) is 0 Å².